The maximum Gasteiger partial charge on any atom is 0.228 e. The molecule has 1 unspecified atom stereocenters. The minimum atomic E-state index is 0.0416. The van der Waals surface area contributed by atoms with Crippen LogP contribution in [0.25, 0.3) is 0 Å². The van der Waals surface area contributed by atoms with Gasteiger partial charge in [0.15, 0.2) is 0 Å². The lowest BCUT2D eigenvalue weighted by atomic mass is 10.1. The molecular formula is C13H12BrNO. The average molecular weight is 278 g/mol. The van der Waals surface area contributed by atoms with Crippen molar-refractivity contribution in [1.82, 2.24) is 0 Å². The van der Waals surface area contributed by atoms with E-state index in [1.165, 1.54) is 0 Å². The Kier molecular flexibility index (Phi) is 3.02. The summed E-state index contributed by atoms with van der Waals surface area (Å²) in [5.74, 6) is 2.80. The van der Waals surface area contributed by atoms with E-state index in [0.29, 0.717) is 13.0 Å². The summed E-state index contributed by atoms with van der Waals surface area (Å²) in [6.45, 7) is 2.63. The molecule has 1 fully saturated rings. The van der Waals surface area contributed by atoms with E-state index in [4.69, 9.17) is 6.42 Å². The van der Waals surface area contributed by atoms with Gasteiger partial charge in [-0.1, -0.05) is 6.07 Å². The fraction of sp³-hybridized carbons (Fsp3) is 0.308. The van der Waals surface area contributed by atoms with Crippen LogP contribution in [0.15, 0.2) is 22.7 Å². The second-order valence-electron chi connectivity index (χ2n) is 4.03. The monoisotopic (exact) mass is 277 g/mol. The Labute approximate surface area is 104 Å². The SMILES string of the molecule is C#CC1CC(=O)N(c2cc(C)ccc2Br)C1. The molecule has 2 rings (SSSR count). The van der Waals surface area contributed by atoms with Crippen LogP contribution in [0.5, 0.6) is 0 Å². The number of carbonyl (C=O) groups excluding carboxylic acids is 1. The molecule has 1 aliphatic rings. The van der Waals surface area contributed by atoms with Gasteiger partial charge >= 0.3 is 0 Å². The molecule has 1 aromatic rings. The Morgan fingerprint density at radius 1 is 1.56 bits per heavy atom. The van der Waals surface area contributed by atoms with Crippen molar-refractivity contribution in [2.75, 3.05) is 11.4 Å². The van der Waals surface area contributed by atoms with E-state index < -0.39 is 0 Å². The molecule has 0 aliphatic carbocycles. The molecule has 82 valence electrons. The first-order valence-electron chi connectivity index (χ1n) is 5.14. The van der Waals surface area contributed by atoms with Crippen molar-refractivity contribution >= 4 is 27.5 Å². The van der Waals surface area contributed by atoms with Gasteiger partial charge in [0.25, 0.3) is 0 Å². The fourth-order valence-electron chi connectivity index (χ4n) is 1.88. The Bertz CT molecular complexity index is 475. The number of hydrogen-bond donors (Lipinski definition) is 0. The number of halogens is 1. The first-order valence-corrected chi connectivity index (χ1v) is 5.93. The zero-order valence-electron chi connectivity index (χ0n) is 9.03. The maximum atomic E-state index is 11.8. The molecule has 1 heterocycles. The van der Waals surface area contributed by atoms with Crippen molar-refractivity contribution in [2.45, 2.75) is 13.3 Å². The first-order chi connectivity index (χ1) is 7.61. The summed E-state index contributed by atoms with van der Waals surface area (Å²) in [7, 11) is 0. The van der Waals surface area contributed by atoms with Crippen LogP contribution in [0.3, 0.4) is 0 Å². The van der Waals surface area contributed by atoms with Crippen LogP contribution in [0.1, 0.15) is 12.0 Å². The van der Waals surface area contributed by atoms with E-state index in [2.05, 4.69) is 21.9 Å². The Hall–Kier alpha value is -1.27. The van der Waals surface area contributed by atoms with Gasteiger partial charge in [-0.05, 0) is 40.5 Å². The van der Waals surface area contributed by atoms with Crippen LogP contribution in [0.2, 0.25) is 0 Å². The minimum absolute atomic E-state index is 0.0416. The molecule has 0 aromatic heterocycles. The minimum Gasteiger partial charge on any atom is -0.310 e. The largest absolute Gasteiger partial charge is 0.310 e. The van der Waals surface area contributed by atoms with E-state index in [-0.39, 0.29) is 11.8 Å². The summed E-state index contributed by atoms with van der Waals surface area (Å²) in [5.41, 5.74) is 2.05. The van der Waals surface area contributed by atoms with Crippen molar-refractivity contribution in [2.24, 2.45) is 5.92 Å². The van der Waals surface area contributed by atoms with Gasteiger partial charge in [-0.3, -0.25) is 4.79 Å². The number of terminal acetylenes is 1. The van der Waals surface area contributed by atoms with Crippen molar-refractivity contribution in [3.63, 3.8) is 0 Å². The van der Waals surface area contributed by atoms with Gasteiger partial charge in [0.05, 0.1) is 5.69 Å². The van der Waals surface area contributed by atoms with Crippen LogP contribution >= 0.6 is 15.9 Å². The molecule has 1 saturated heterocycles. The molecule has 0 bridgehead atoms. The molecule has 0 spiro atoms. The molecule has 0 N–H and O–H groups in total. The number of anilines is 1. The third kappa shape index (κ3) is 1.98. The van der Waals surface area contributed by atoms with E-state index in [1.54, 1.807) is 4.90 Å². The summed E-state index contributed by atoms with van der Waals surface area (Å²) in [5, 5.41) is 0. The van der Waals surface area contributed by atoms with E-state index in [0.717, 1.165) is 15.7 Å². The van der Waals surface area contributed by atoms with E-state index >= 15 is 0 Å². The molecule has 16 heavy (non-hydrogen) atoms. The Morgan fingerprint density at radius 3 is 2.94 bits per heavy atom. The maximum absolute atomic E-state index is 11.8. The molecule has 1 amide bonds. The van der Waals surface area contributed by atoms with Crippen LogP contribution in [-0.4, -0.2) is 12.5 Å². The van der Waals surface area contributed by atoms with Gasteiger partial charge in [-0.25, -0.2) is 0 Å². The molecule has 2 nitrogen and oxygen atoms in total. The quantitative estimate of drug-likeness (QED) is 0.723. The molecule has 1 aromatic carbocycles. The zero-order chi connectivity index (χ0) is 11.7. The van der Waals surface area contributed by atoms with Crippen molar-refractivity contribution in [3.8, 4) is 12.3 Å². The molecule has 0 radical (unpaired) electrons. The number of nitrogens with zero attached hydrogens (tertiary/aromatic N) is 1. The highest BCUT2D eigenvalue weighted by molar-refractivity contribution is 9.10. The van der Waals surface area contributed by atoms with Gasteiger partial charge in [0.2, 0.25) is 5.91 Å². The van der Waals surface area contributed by atoms with Gasteiger partial charge in [-0.15, -0.1) is 12.3 Å². The highest BCUT2D eigenvalue weighted by Gasteiger charge is 2.30. The zero-order valence-corrected chi connectivity index (χ0v) is 10.6. The van der Waals surface area contributed by atoms with Crippen molar-refractivity contribution < 1.29 is 4.79 Å². The average Bonchev–Trinajstić information content (AvgIpc) is 2.63. The number of benzene rings is 1. The van der Waals surface area contributed by atoms with Crippen LogP contribution < -0.4 is 4.90 Å². The molecule has 3 heteroatoms. The number of hydrogen-bond acceptors (Lipinski definition) is 1. The number of aryl methyl sites for hydroxylation is 1. The lowest BCUT2D eigenvalue weighted by Crippen LogP contribution is -2.24. The van der Waals surface area contributed by atoms with Crippen molar-refractivity contribution in [1.29, 1.82) is 0 Å². The van der Waals surface area contributed by atoms with Crippen LogP contribution in [0.4, 0.5) is 5.69 Å². The standard InChI is InChI=1S/C13H12BrNO/c1-3-10-7-13(16)15(8-10)12-6-9(2)4-5-11(12)14/h1,4-6,10H,7-8H2,2H3. The Balaban J connectivity index is 2.35. The summed E-state index contributed by atoms with van der Waals surface area (Å²) in [6, 6.07) is 5.97. The van der Waals surface area contributed by atoms with Gasteiger partial charge in [-0.2, -0.15) is 0 Å². The molecular weight excluding hydrogens is 266 g/mol. The second kappa shape index (κ2) is 4.31. The van der Waals surface area contributed by atoms with E-state index in [9.17, 15) is 4.79 Å². The van der Waals surface area contributed by atoms with Crippen LogP contribution in [-0.2, 0) is 4.79 Å². The normalized spacial score (nSPS) is 19.9. The lowest BCUT2D eigenvalue weighted by molar-refractivity contribution is -0.117. The predicted octanol–water partition coefficient (Wildman–Crippen LogP) is 2.74. The summed E-state index contributed by atoms with van der Waals surface area (Å²) in [6.07, 6.45) is 5.82. The van der Waals surface area contributed by atoms with Gasteiger partial charge in [0, 0.05) is 23.4 Å². The number of amides is 1. The van der Waals surface area contributed by atoms with E-state index in [1.807, 2.05) is 25.1 Å². The molecule has 1 aliphatic heterocycles. The smallest absolute Gasteiger partial charge is 0.228 e. The highest BCUT2D eigenvalue weighted by Crippen LogP contribution is 2.31. The third-order valence-corrected chi connectivity index (χ3v) is 3.42. The van der Waals surface area contributed by atoms with Crippen LogP contribution in [0, 0.1) is 25.2 Å². The first kappa shape index (κ1) is 11.2. The van der Waals surface area contributed by atoms with Gasteiger partial charge < -0.3 is 4.90 Å². The molecule has 0 saturated carbocycles. The summed E-state index contributed by atoms with van der Waals surface area (Å²) in [4.78, 5) is 13.6. The second-order valence-corrected chi connectivity index (χ2v) is 4.88. The fourth-order valence-corrected chi connectivity index (χ4v) is 2.34. The third-order valence-electron chi connectivity index (χ3n) is 2.75. The predicted molar refractivity (Wildman–Crippen MR) is 68.2 cm³/mol. The number of rotatable bonds is 1. The summed E-state index contributed by atoms with van der Waals surface area (Å²) >= 11 is 3.46. The number of carbonyl (C=O) groups is 1. The summed E-state index contributed by atoms with van der Waals surface area (Å²) < 4.78 is 0.934. The van der Waals surface area contributed by atoms with Crippen molar-refractivity contribution in [3.05, 3.63) is 28.2 Å². The molecule has 1 atom stereocenters. The lowest BCUT2D eigenvalue weighted by Gasteiger charge is -2.18. The topological polar surface area (TPSA) is 20.3 Å². The van der Waals surface area contributed by atoms with Gasteiger partial charge in [0.1, 0.15) is 0 Å². The Morgan fingerprint density at radius 2 is 2.31 bits per heavy atom. The highest BCUT2D eigenvalue weighted by atomic mass is 79.9.